The minimum atomic E-state index is -2.46. The number of imide groups is 1. The number of benzene rings is 2. The van der Waals surface area contributed by atoms with E-state index in [4.69, 9.17) is 32.2 Å². The van der Waals surface area contributed by atoms with Crippen molar-refractivity contribution in [3.05, 3.63) is 198 Å². The lowest BCUT2D eigenvalue weighted by atomic mass is 9.92. The number of rotatable bonds is 25. The number of carbonyl (C=O) groups is 7. The summed E-state index contributed by atoms with van der Waals surface area (Å²) in [7, 11) is -3.89. The van der Waals surface area contributed by atoms with Crippen LogP contribution < -0.4 is 24.6 Å². The number of β-lactam (4-membered cyclic amide) rings is 4. The lowest BCUT2D eigenvalue weighted by molar-refractivity contribution is -0.163. The Labute approximate surface area is 687 Å². The second kappa shape index (κ2) is 40.3. The van der Waals surface area contributed by atoms with Crippen molar-refractivity contribution in [3.63, 3.8) is 0 Å². The van der Waals surface area contributed by atoms with Crippen LogP contribution in [0, 0.1) is 29.1 Å². The molecule has 7 aromatic rings. The van der Waals surface area contributed by atoms with Gasteiger partial charge >= 0.3 is 12.1 Å². The molecule has 0 saturated carbocycles. The number of aromatic nitrogens is 5. The molecule has 2 aromatic carbocycles. The third-order valence-corrected chi connectivity index (χ3v) is 40.1. The molecule has 11 rings (SSSR count). The lowest BCUT2D eigenvalue weighted by Gasteiger charge is -2.52. The van der Waals surface area contributed by atoms with Crippen molar-refractivity contribution in [1.82, 2.24) is 35.1 Å². The van der Waals surface area contributed by atoms with E-state index in [-0.39, 0.29) is 56.9 Å². The van der Waals surface area contributed by atoms with Crippen LogP contribution in [0.25, 0.3) is 0 Å². The molecule has 4 saturated heterocycles. The zero-order valence-electron chi connectivity index (χ0n) is 71.4. The fourth-order valence-electron chi connectivity index (χ4n) is 16.8. The normalized spacial score (nSPS) is 19.3. The Morgan fingerprint density at radius 3 is 1.03 bits per heavy atom. The summed E-state index contributed by atoms with van der Waals surface area (Å²) in [5, 5.41) is 2.75. The second-order valence-electron chi connectivity index (χ2n) is 32.9. The number of likely N-dealkylation sites (tertiary alicyclic amines) is 1. The van der Waals surface area contributed by atoms with Crippen LogP contribution in [0.2, 0.25) is 49.9 Å². The van der Waals surface area contributed by atoms with Crippen LogP contribution in [0.15, 0.2) is 140 Å². The number of halogens is 5. The highest BCUT2D eigenvalue weighted by molar-refractivity contribution is 6.79. The van der Waals surface area contributed by atoms with E-state index in [0.717, 1.165) is 4.90 Å². The molecule has 0 spiro atoms. The Bertz CT molecular complexity index is 4500. The summed E-state index contributed by atoms with van der Waals surface area (Å²) in [5.74, 6) is -3.10. The average Bonchev–Trinajstić information content (AvgIpc) is 0.734. The van der Waals surface area contributed by atoms with Crippen LogP contribution in [0.5, 0.6) is 11.5 Å². The molecular formula is C86H114F5N9O14Si3. The Balaban J connectivity index is 0.000000209. The quantitative estimate of drug-likeness (QED) is 0.0183. The van der Waals surface area contributed by atoms with Crippen LogP contribution in [0.1, 0.15) is 210 Å². The van der Waals surface area contributed by atoms with Gasteiger partial charge in [-0.05, 0) is 180 Å². The molecule has 31 heteroatoms. The smallest absolute Gasteiger partial charge is 0.417 e. The van der Waals surface area contributed by atoms with E-state index >= 15 is 0 Å². The van der Waals surface area contributed by atoms with Crippen molar-refractivity contribution < 1.29 is 87.7 Å². The molecule has 8 atom stereocenters. The van der Waals surface area contributed by atoms with Crippen LogP contribution in [-0.2, 0) is 46.7 Å². The molecule has 1 N–H and O–H groups in total. The van der Waals surface area contributed by atoms with Gasteiger partial charge in [0, 0.05) is 49.3 Å². The van der Waals surface area contributed by atoms with E-state index in [2.05, 4.69) is 155 Å². The summed E-state index contributed by atoms with van der Waals surface area (Å²) in [6, 6.07) is 25.0. The van der Waals surface area contributed by atoms with Crippen LogP contribution in [0.3, 0.4) is 0 Å². The highest BCUT2D eigenvalue weighted by Gasteiger charge is 2.62. The molecule has 117 heavy (non-hydrogen) atoms. The van der Waals surface area contributed by atoms with Crippen molar-refractivity contribution in [2.24, 2.45) is 0 Å². The monoisotopic (exact) mass is 1680 g/mol. The Morgan fingerprint density at radius 2 is 0.735 bits per heavy atom. The maximum Gasteiger partial charge on any atom is 0.417 e. The molecule has 8 unspecified atom stereocenters. The molecule has 5 aromatic heterocycles. The third kappa shape index (κ3) is 20.6. The molecule has 634 valence electrons. The summed E-state index contributed by atoms with van der Waals surface area (Å²) in [5.41, 5.74) is 3.58. The number of nitrogens with zero attached hydrogens (tertiary/aromatic N) is 8. The van der Waals surface area contributed by atoms with E-state index in [1.165, 1.54) is 92.3 Å². The highest BCUT2D eigenvalue weighted by atomic mass is 28.4. The Hall–Kier alpha value is -9.54. The number of methoxy groups -OCH3 is 2. The Morgan fingerprint density at radius 1 is 0.427 bits per heavy atom. The van der Waals surface area contributed by atoms with E-state index in [0.29, 0.717) is 62.4 Å². The van der Waals surface area contributed by atoms with Gasteiger partial charge in [-0.2, -0.15) is 0 Å². The summed E-state index contributed by atoms with van der Waals surface area (Å²) in [6.45, 7) is 45.0. The second-order valence-corrected chi connectivity index (χ2v) is 49.1. The molecule has 0 aliphatic carbocycles. The molecule has 4 aliphatic rings. The van der Waals surface area contributed by atoms with Gasteiger partial charge in [0.15, 0.2) is 30.4 Å². The predicted octanol–water partition coefficient (Wildman–Crippen LogP) is 18.7. The first-order valence-corrected chi connectivity index (χ1v) is 45.9. The van der Waals surface area contributed by atoms with Crippen LogP contribution in [0.4, 0.5) is 38.1 Å². The first kappa shape index (κ1) is 94.6. The van der Waals surface area contributed by atoms with Gasteiger partial charge in [0.1, 0.15) is 93.0 Å². The SMILES string of the molecule is CC(C)[Si](OC1C(=O)N(C(=O)OC(C)(C)C)C1c1ncccc1F)(C(C)C)C(C)C.CC(C)[Si](OC1C(=O)NC1c1ncccc1F)(C(C)C)C(C)C.COc1ccc(N2C(=O)C(OC(C)=O)C2c2ncccc2F)cc1.COc1ccc(N2C(=O)C(O[Si](C(C)C)(C(C)C)C(C)C)C2c2ncccc2F)cc1.O=Cc1ncccc1F. The van der Waals surface area contributed by atoms with Gasteiger partial charge in [0.05, 0.1) is 14.2 Å². The summed E-state index contributed by atoms with van der Waals surface area (Å²) in [6.07, 6.45) is 3.48. The fourth-order valence-corrected chi connectivity index (χ4v) is 33.3. The number of amides is 5. The minimum absolute atomic E-state index is 0.0205. The average molecular weight is 1680 g/mol. The van der Waals surface area contributed by atoms with Gasteiger partial charge in [-0.1, -0.05) is 125 Å². The highest BCUT2D eigenvalue weighted by Crippen LogP contribution is 2.52. The number of esters is 1. The maximum absolute atomic E-state index is 14.8. The maximum atomic E-state index is 14.8. The van der Waals surface area contributed by atoms with Gasteiger partial charge in [-0.3, -0.25) is 63.5 Å². The molecule has 23 nitrogen and oxygen atoms in total. The van der Waals surface area contributed by atoms with Crippen LogP contribution in [-0.4, -0.2) is 141 Å². The molecule has 5 amide bonds. The van der Waals surface area contributed by atoms with Gasteiger partial charge in [0.25, 0.3) is 23.6 Å². The summed E-state index contributed by atoms with van der Waals surface area (Å²) >= 11 is 0. The number of pyridine rings is 5. The van der Waals surface area contributed by atoms with E-state index in [1.807, 2.05) is 0 Å². The molecule has 0 bridgehead atoms. The number of nitrogens with one attached hydrogen (secondary N) is 1. The van der Waals surface area contributed by atoms with Crippen LogP contribution >= 0.6 is 0 Å². The van der Waals surface area contributed by atoms with Crippen molar-refractivity contribution in [1.29, 1.82) is 0 Å². The fraction of sp³-hybridized carbons (Fsp3) is 0.488. The Kier molecular flexibility index (Phi) is 32.6. The largest absolute Gasteiger partial charge is 0.497 e. The number of carbonyl (C=O) groups excluding carboxylic acids is 7. The van der Waals surface area contributed by atoms with Crippen molar-refractivity contribution in [3.8, 4) is 11.5 Å². The zero-order chi connectivity index (χ0) is 87.3. The van der Waals surface area contributed by atoms with E-state index in [1.54, 1.807) is 99.6 Å². The van der Waals surface area contributed by atoms with E-state index in [9.17, 15) is 55.5 Å². The number of hydrogen-bond donors (Lipinski definition) is 1. The number of ether oxygens (including phenoxy) is 4. The standard InChI is InChI=1S/C24H33FN2O3Si.C22H35FN2O4Si.C17H15FN2O4.C17H27FN2O2Si.C6H4FNO/c1-15(2)31(16(3)4,17(5)6)30-23-22(21-20(25)9-8-14-26-21)27(24(23)28)18-10-12-19(29-7)13-11-18;1-13(2)30(14(3)4,15(5)6)29-19-18(17-16(23)11-10-12-24-17)25(20(19)26)21(27)28-22(7,8)9;1-10(21)24-16-15(14-13(18)4-3-9-19-14)20(17(16)22)11-5-7-12(23-2)8-6-11;1-10(2)23(11(3)4,12(5)6)22-16-15(20-17(16)21)14-13(18)8-7-9-19-14;7-5-2-1-3-8-6(5)4-9/h8-17,22-23H,1-7H3;10-15,18-19H,1-9H3;3-9,15-16H,1-2H3;7-12,15-16H,1-6H3,(H,20,21);1-4H. The summed E-state index contributed by atoms with van der Waals surface area (Å²) < 4.78 is 111. The summed E-state index contributed by atoms with van der Waals surface area (Å²) in [4.78, 5) is 109. The lowest BCUT2D eigenvalue weighted by Crippen LogP contribution is -2.67. The molecular weight excluding hydrogens is 1560 g/mol. The minimum Gasteiger partial charge on any atom is -0.497 e. The third-order valence-electron chi connectivity index (χ3n) is 21.9. The van der Waals surface area contributed by atoms with Crippen molar-refractivity contribution in [2.75, 3.05) is 24.0 Å². The van der Waals surface area contributed by atoms with Crippen molar-refractivity contribution >= 4 is 78.3 Å². The van der Waals surface area contributed by atoms with Gasteiger partial charge in [0.2, 0.25) is 31.1 Å². The topological polar surface area (TPSA) is 270 Å². The molecule has 0 radical (unpaired) electrons. The van der Waals surface area contributed by atoms with Gasteiger partial charge < -0.3 is 37.5 Å². The molecule has 4 fully saturated rings. The zero-order valence-corrected chi connectivity index (χ0v) is 74.4. The van der Waals surface area contributed by atoms with Gasteiger partial charge in [-0.25, -0.2) is 31.6 Å². The van der Waals surface area contributed by atoms with Gasteiger partial charge in [-0.15, -0.1) is 0 Å². The molecule has 4 aliphatic heterocycles. The number of anilines is 2. The van der Waals surface area contributed by atoms with E-state index < -0.39 is 132 Å². The predicted molar refractivity (Wildman–Crippen MR) is 443 cm³/mol. The first-order valence-electron chi connectivity index (χ1n) is 39.5. The molecule has 9 heterocycles. The number of hydrogen-bond acceptors (Lipinski definition) is 19. The van der Waals surface area contributed by atoms with Crippen molar-refractivity contribution in [2.45, 2.75) is 256 Å². The number of aldehydes is 1. The first-order chi connectivity index (χ1) is 55.0.